The summed E-state index contributed by atoms with van der Waals surface area (Å²) in [7, 11) is -3.97. The third-order valence-corrected chi connectivity index (χ3v) is 4.75. The molecule has 2 rings (SSSR count). The summed E-state index contributed by atoms with van der Waals surface area (Å²) in [6, 6.07) is 10.8. The van der Waals surface area contributed by atoms with E-state index in [2.05, 4.69) is 0 Å². The van der Waals surface area contributed by atoms with Gasteiger partial charge in [0.2, 0.25) is 5.91 Å². The van der Waals surface area contributed by atoms with Crippen LogP contribution in [0.1, 0.15) is 41.3 Å². The van der Waals surface area contributed by atoms with Crippen molar-refractivity contribution >= 4 is 16.0 Å². The summed E-state index contributed by atoms with van der Waals surface area (Å²) in [6.07, 6.45) is 0. The Balaban J connectivity index is 2.34. The van der Waals surface area contributed by atoms with E-state index in [0.717, 1.165) is 11.1 Å². The van der Waals surface area contributed by atoms with Crippen molar-refractivity contribution < 1.29 is 17.4 Å². The normalized spacial score (nSPS) is 11.5. The predicted octanol–water partition coefficient (Wildman–Crippen LogP) is 2.99. The standard InChI is InChI=1S/C17H19NO4S/c1-11(2)14-5-4-12(3)16(10-14)22-23(20,21)15-8-6-13(7-9-15)17(18)19/h4-11H,1-3H3,(H2,18,19). The molecule has 0 aromatic heterocycles. The Morgan fingerprint density at radius 3 is 2.22 bits per heavy atom. The van der Waals surface area contributed by atoms with Gasteiger partial charge in [0, 0.05) is 5.56 Å². The molecule has 0 aliphatic rings. The fraction of sp³-hybridized carbons (Fsp3) is 0.235. The summed E-state index contributed by atoms with van der Waals surface area (Å²) in [5.74, 6) is -0.0546. The number of nitrogens with two attached hydrogens (primary N) is 1. The van der Waals surface area contributed by atoms with Gasteiger partial charge in [0.1, 0.15) is 10.6 Å². The zero-order chi connectivity index (χ0) is 17.2. The number of carbonyl (C=O) groups is 1. The van der Waals surface area contributed by atoms with Crippen LogP contribution in [0.2, 0.25) is 0 Å². The number of amides is 1. The van der Waals surface area contributed by atoms with Gasteiger partial charge in [-0.3, -0.25) is 4.79 Å². The van der Waals surface area contributed by atoms with E-state index in [9.17, 15) is 13.2 Å². The minimum atomic E-state index is -3.97. The number of hydrogen-bond donors (Lipinski definition) is 1. The third kappa shape index (κ3) is 3.90. The number of rotatable bonds is 5. The maximum Gasteiger partial charge on any atom is 0.339 e. The highest BCUT2D eigenvalue weighted by molar-refractivity contribution is 7.87. The van der Waals surface area contributed by atoms with Crippen LogP contribution < -0.4 is 9.92 Å². The van der Waals surface area contributed by atoms with Crippen LogP contribution >= 0.6 is 0 Å². The second-order valence-electron chi connectivity index (χ2n) is 5.61. The lowest BCUT2D eigenvalue weighted by molar-refractivity contribution is 0.1000. The molecule has 0 fully saturated rings. The Labute approximate surface area is 136 Å². The van der Waals surface area contributed by atoms with Crippen LogP contribution in [0.25, 0.3) is 0 Å². The molecule has 6 heteroatoms. The summed E-state index contributed by atoms with van der Waals surface area (Å²) in [6.45, 7) is 5.82. The van der Waals surface area contributed by atoms with Gasteiger partial charge in [-0.25, -0.2) is 0 Å². The number of aryl methyl sites for hydroxylation is 1. The van der Waals surface area contributed by atoms with Gasteiger partial charge >= 0.3 is 10.1 Å². The van der Waals surface area contributed by atoms with E-state index >= 15 is 0 Å². The lowest BCUT2D eigenvalue weighted by Gasteiger charge is -2.13. The van der Waals surface area contributed by atoms with Gasteiger partial charge < -0.3 is 9.92 Å². The van der Waals surface area contributed by atoms with Crippen LogP contribution in [0, 0.1) is 6.92 Å². The minimum Gasteiger partial charge on any atom is -0.379 e. The van der Waals surface area contributed by atoms with E-state index in [1.54, 1.807) is 13.0 Å². The van der Waals surface area contributed by atoms with Gasteiger partial charge in [0.25, 0.3) is 0 Å². The van der Waals surface area contributed by atoms with Gasteiger partial charge in [-0.15, -0.1) is 0 Å². The molecule has 23 heavy (non-hydrogen) atoms. The van der Waals surface area contributed by atoms with E-state index < -0.39 is 16.0 Å². The molecule has 0 aliphatic carbocycles. The Kier molecular flexibility index (Phi) is 4.75. The van der Waals surface area contributed by atoms with Gasteiger partial charge in [-0.1, -0.05) is 26.0 Å². The van der Waals surface area contributed by atoms with E-state index in [1.165, 1.54) is 24.3 Å². The van der Waals surface area contributed by atoms with Crippen LogP contribution in [-0.4, -0.2) is 14.3 Å². The summed E-state index contributed by atoms with van der Waals surface area (Å²) >= 11 is 0. The van der Waals surface area contributed by atoms with Crippen molar-refractivity contribution in [1.82, 2.24) is 0 Å². The van der Waals surface area contributed by atoms with Gasteiger partial charge in [-0.2, -0.15) is 8.42 Å². The highest BCUT2D eigenvalue weighted by atomic mass is 32.2. The largest absolute Gasteiger partial charge is 0.379 e. The molecule has 0 unspecified atom stereocenters. The molecule has 0 atom stereocenters. The second kappa shape index (κ2) is 6.42. The fourth-order valence-corrected chi connectivity index (χ4v) is 3.00. The minimum absolute atomic E-state index is 0.0307. The first-order chi connectivity index (χ1) is 10.7. The van der Waals surface area contributed by atoms with Crippen molar-refractivity contribution in [1.29, 1.82) is 0 Å². The first-order valence-electron chi connectivity index (χ1n) is 7.15. The first-order valence-corrected chi connectivity index (χ1v) is 8.56. The zero-order valence-electron chi connectivity index (χ0n) is 13.2. The predicted molar refractivity (Wildman–Crippen MR) is 88.0 cm³/mol. The van der Waals surface area contributed by atoms with Crippen molar-refractivity contribution in [2.24, 2.45) is 5.73 Å². The highest BCUT2D eigenvalue weighted by Gasteiger charge is 2.19. The Bertz CT molecular complexity index is 824. The monoisotopic (exact) mass is 333 g/mol. The maximum atomic E-state index is 12.4. The van der Waals surface area contributed by atoms with Crippen LogP contribution in [0.4, 0.5) is 0 Å². The van der Waals surface area contributed by atoms with Gasteiger partial charge in [-0.05, 0) is 54.3 Å². The van der Waals surface area contributed by atoms with Crippen molar-refractivity contribution in [2.45, 2.75) is 31.6 Å². The Hall–Kier alpha value is -2.34. The van der Waals surface area contributed by atoms with Crippen LogP contribution in [0.15, 0.2) is 47.4 Å². The molecule has 2 N–H and O–H groups in total. The molecule has 0 radical (unpaired) electrons. The molecule has 0 aliphatic heterocycles. The summed E-state index contributed by atoms with van der Waals surface area (Å²) in [5, 5.41) is 0. The number of hydrogen-bond acceptors (Lipinski definition) is 4. The van der Waals surface area contributed by atoms with E-state index in [1.807, 2.05) is 26.0 Å². The van der Waals surface area contributed by atoms with Crippen molar-refractivity contribution in [3.8, 4) is 5.75 Å². The molecule has 5 nitrogen and oxygen atoms in total. The van der Waals surface area contributed by atoms with Crippen molar-refractivity contribution in [3.63, 3.8) is 0 Å². The van der Waals surface area contributed by atoms with Crippen molar-refractivity contribution in [2.75, 3.05) is 0 Å². The van der Waals surface area contributed by atoms with Gasteiger partial charge in [0.15, 0.2) is 0 Å². The second-order valence-corrected chi connectivity index (χ2v) is 7.15. The summed E-state index contributed by atoms with van der Waals surface area (Å²) in [4.78, 5) is 11.0. The number of benzene rings is 2. The Morgan fingerprint density at radius 2 is 1.70 bits per heavy atom. The highest BCUT2D eigenvalue weighted by Crippen LogP contribution is 2.27. The SMILES string of the molecule is Cc1ccc(C(C)C)cc1OS(=O)(=O)c1ccc(C(N)=O)cc1. The van der Waals surface area contributed by atoms with Crippen LogP contribution in [0.5, 0.6) is 5.75 Å². The Morgan fingerprint density at radius 1 is 1.09 bits per heavy atom. The molecule has 122 valence electrons. The lowest BCUT2D eigenvalue weighted by atomic mass is 10.0. The average molecular weight is 333 g/mol. The lowest BCUT2D eigenvalue weighted by Crippen LogP contribution is -2.13. The van der Waals surface area contributed by atoms with Crippen molar-refractivity contribution in [3.05, 3.63) is 59.2 Å². The molecular weight excluding hydrogens is 314 g/mol. The molecule has 2 aromatic carbocycles. The van der Waals surface area contributed by atoms with E-state index in [4.69, 9.17) is 9.92 Å². The zero-order valence-corrected chi connectivity index (χ0v) is 14.1. The molecule has 1 amide bonds. The molecule has 0 saturated heterocycles. The smallest absolute Gasteiger partial charge is 0.339 e. The van der Waals surface area contributed by atoms with Crippen LogP contribution in [0.3, 0.4) is 0 Å². The topological polar surface area (TPSA) is 86.5 Å². The number of primary amides is 1. The van der Waals surface area contributed by atoms with Crippen LogP contribution in [-0.2, 0) is 10.1 Å². The summed E-state index contributed by atoms with van der Waals surface area (Å²) < 4.78 is 30.0. The fourth-order valence-electron chi connectivity index (χ4n) is 2.02. The average Bonchev–Trinajstić information content (AvgIpc) is 2.49. The first kappa shape index (κ1) is 17.0. The van der Waals surface area contributed by atoms with Gasteiger partial charge in [0.05, 0.1) is 0 Å². The molecule has 2 aromatic rings. The molecular formula is C17H19NO4S. The number of carbonyl (C=O) groups excluding carboxylic acids is 1. The quantitative estimate of drug-likeness (QED) is 0.852. The maximum absolute atomic E-state index is 12.4. The molecule has 0 bridgehead atoms. The molecule has 0 heterocycles. The molecule has 0 spiro atoms. The third-order valence-electron chi connectivity index (χ3n) is 3.51. The van der Waals surface area contributed by atoms with E-state index in [0.29, 0.717) is 5.75 Å². The summed E-state index contributed by atoms with van der Waals surface area (Å²) in [5.41, 5.74) is 7.10. The van der Waals surface area contributed by atoms with E-state index in [-0.39, 0.29) is 16.4 Å². The molecule has 0 saturated carbocycles.